The Labute approximate surface area is 54.3 Å². The van der Waals surface area contributed by atoms with Crippen molar-refractivity contribution in [1.29, 1.82) is 0 Å². The molecule has 0 radical (unpaired) electrons. The first-order chi connectivity index (χ1) is 4.06. The summed E-state index contributed by atoms with van der Waals surface area (Å²) in [6, 6.07) is 0. The molecule has 4 nitrogen and oxygen atoms in total. The van der Waals surface area contributed by atoms with Gasteiger partial charge in [0.15, 0.2) is 0 Å². The second kappa shape index (κ2) is 3.17. The van der Waals surface area contributed by atoms with Gasteiger partial charge in [-0.3, -0.25) is 4.79 Å². The molecule has 4 heteroatoms. The molecule has 0 fully saturated rings. The van der Waals surface area contributed by atoms with Crippen molar-refractivity contribution in [2.45, 2.75) is 26.3 Å². The van der Waals surface area contributed by atoms with Crippen LogP contribution in [0.1, 0.15) is 20.8 Å². The maximum absolute atomic E-state index is 9.63. The number of nitrogens with one attached hydrogen (secondary N) is 1. The van der Waals surface area contributed by atoms with Crippen molar-refractivity contribution in [3.05, 3.63) is 0 Å². The monoisotopic (exact) mass is 129 g/mol. The Bertz CT molecular complexity index is 114. The number of carbonyl (C=O) groups is 1. The van der Waals surface area contributed by atoms with Crippen molar-refractivity contribution in [2.24, 2.45) is 10.3 Å². The van der Waals surface area contributed by atoms with E-state index in [2.05, 4.69) is 15.8 Å². The highest BCUT2D eigenvalue weighted by molar-refractivity contribution is 5.44. The molecule has 0 atom stereocenters. The van der Waals surface area contributed by atoms with Gasteiger partial charge in [0.25, 0.3) is 0 Å². The van der Waals surface area contributed by atoms with E-state index in [4.69, 9.17) is 0 Å². The van der Waals surface area contributed by atoms with Crippen LogP contribution in [0.3, 0.4) is 0 Å². The highest BCUT2D eigenvalue weighted by Crippen LogP contribution is 2.04. The minimum Gasteiger partial charge on any atom is -0.277 e. The Balaban J connectivity index is 3.57. The van der Waals surface area contributed by atoms with Crippen LogP contribution < -0.4 is 5.43 Å². The summed E-state index contributed by atoms with van der Waals surface area (Å²) in [6.07, 6.45) is 0.481. The maximum atomic E-state index is 9.63. The lowest BCUT2D eigenvalue weighted by Gasteiger charge is -2.07. The van der Waals surface area contributed by atoms with Crippen molar-refractivity contribution >= 4 is 6.41 Å². The molecular weight excluding hydrogens is 118 g/mol. The molecule has 0 heterocycles. The van der Waals surface area contributed by atoms with E-state index in [-0.39, 0.29) is 5.54 Å². The zero-order valence-electron chi connectivity index (χ0n) is 5.88. The smallest absolute Gasteiger partial charge is 0.228 e. The molecule has 0 saturated carbocycles. The fourth-order valence-electron chi connectivity index (χ4n) is 0.202. The summed E-state index contributed by atoms with van der Waals surface area (Å²) in [5, 5.41) is 7.10. The molecule has 0 rings (SSSR count). The summed E-state index contributed by atoms with van der Waals surface area (Å²) in [5.41, 5.74) is 1.87. The Morgan fingerprint density at radius 3 is 2.33 bits per heavy atom. The molecule has 0 unspecified atom stereocenters. The number of rotatable bonds is 2. The minimum atomic E-state index is -0.212. The van der Waals surface area contributed by atoms with Crippen molar-refractivity contribution in [3.63, 3.8) is 0 Å². The van der Waals surface area contributed by atoms with E-state index in [0.717, 1.165) is 0 Å². The molecule has 0 aliphatic heterocycles. The highest BCUT2D eigenvalue weighted by atomic mass is 16.1. The third-order valence-corrected chi connectivity index (χ3v) is 0.460. The summed E-state index contributed by atoms with van der Waals surface area (Å²) in [4.78, 5) is 9.63. The summed E-state index contributed by atoms with van der Waals surface area (Å²) in [5.74, 6) is 0. The van der Waals surface area contributed by atoms with Gasteiger partial charge in [-0.25, -0.2) is 5.43 Å². The van der Waals surface area contributed by atoms with Gasteiger partial charge in [-0.1, -0.05) is 5.22 Å². The van der Waals surface area contributed by atoms with E-state index in [1.807, 2.05) is 20.8 Å². The van der Waals surface area contributed by atoms with Crippen molar-refractivity contribution in [1.82, 2.24) is 5.43 Å². The van der Waals surface area contributed by atoms with Gasteiger partial charge < -0.3 is 0 Å². The molecule has 0 aromatic heterocycles. The van der Waals surface area contributed by atoms with Gasteiger partial charge in [-0.15, -0.1) is 0 Å². The van der Waals surface area contributed by atoms with Gasteiger partial charge in [-0.05, 0) is 20.8 Å². The van der Waals surface area contributed by atoms with E-state index in [0.29, 0.717) is 6.41 Å². The zero-order chi connectivity index (χ0) is 7.33. The number of carbonyl (C=O) groups excluding carboxylic acids is 1. The van der Waals surface area contributed by atoms with Crippen LogP contribution in [0.25, 0.3) is 0 Å². The van der Waals surface area contributed by atoms with E-state index < -0.39 is 0 Å². The van der Waals surface area contributed by atoms with Crippen LogP contribution in [0.15, 0.2) is 10.3 Å². The van der Waals surface area contributed by atoms with Gasteiger partial charge in [0.1, 0.15) is 0 Å². The normalized spacial score (nSPS) is 11.9. The molecule has 0 bridgehead atoms. The summed E-state index contributed by atoms with van der Waals surface area (Å²) < 4.78 is 0. The molecule has 0 aliphatic carbocycles. The van der Waals surface area contributed by atoms with Crippen LogP contribution in [0.2, 0.25) is 0 Å². The van der Waals surface area contributed by atoms with Crippen LogP contribution in [0.4, 0.5) is 0 Å². The minimum absolute atomic E-state index is 0.212. The third kappa shape index (κ3) is 7.07. The Morgan fingerprint density at radius 2 is 2.00 bits per heavy atom. The van der Waals surface area contributed by atoms with Gasteiger partial charge >= 0.3 is 0 Å². The topological polar surface area (TPSA) is 53.8 Å². The first-order valence-electron chi connectivity index (χ1n) is 2.67. The van der Waals surface area contributed by atoms with Gasteiger partial charge in [0.2, 0.25) is 6.41 Å². The van der Waals surface area contributed by atoms with E-state index >= 15 is 0 Å². The zero-order valence-corrected chi connectivity index (χ0v) is 5.88. The second-order valence-electron chi connectivity index (χ2n) is 2.62. The number of hydrogen-bond acceptors (Lipinski definition) is 3. The van der Waals surface area contributed by atoms with E-state index in [1.54, 1.807) is 0 Å². The maximum Gasteiger partial charge on any atom is 0.228 e. The Kier molecular flexibility index (Phi) is 2.84. The predicted octanol–water partition coefficient (Wildman–Crippen LogP) is 0.898. The predicted molar refractivity (Wildman–Crippen MR) is 33.8 cm³/mol. The Hall–Kier alpha value is -0.930. The van der Waals surface area contributed by atoms with Crippen LogP contribution in [-0.4, -0.2) is 11.9 Å². The van der Waals surface area contributed by atoms with Gasteiger partial charge in [0, 0.05) is 0 Å². The Morgan fingerprint density at radius 1 is 1.44 bits per heavy atom. The lowest BCUT2D eigenvalue weighted by atomic mass is 10.1. The fraction of sp³-hybridized carbons (Fsp3) is 0.800. The molecule has 0 spiro atoms. The average molecular weight is 129 g/mol. The molecule has 0 saturated heterocycles. The van der Waals surface area contributed by atoms with Gasteiger partial charge in [-0.2, -0.15) is 5.11 Å². The fourth-order valence-corrected chi connectivity index (χ4v) is 0.202. The second-order valence-corrected chi connectivity index (χ2v) is 2.62. The average Bonchev–Trinajstić information content (AvgIpc) is 1.63. The van der Waals surface area contributed by atoms with Crippen molar-refractivity contribution in [3.8, 4) is 0 Å². The molecule has 0 aromatic carbocycles. The molecule has 1 N–H and O–H groups in total. The quantitative estimate of drug-likeness (QED) is 0.336. The van der Waals surface area contributed by atoms with E-state index in [9.17, 15) is 4.79 Å². The highest BCUT2D eigenvalue weighted by Gasteiger charge is 2.05. The molecular formula is C5H11N3O. The van der Waals surface area contributed by atoms with Crippen molar-refractivity contribution in [2.75, 3.05) is 0 Å². The van der Waals surface area contributed by atoms with Gasteiger partial charge in [0.05, 0.1) is 5.54 Å². The standard InChI is InChI=1S/C5H11N3O/c1-5(2,3)7-8-6-4-9/h4H,1-3H3,(H,6,7,9). The van der Waals surface area contributed by atoms with Crippen LogP contribution in [-0.2, 0) is 4.79 Å². The summed E-state index contributed by atoms with van der Waals surface area (Å²) in [6.45, 7) is 5.68. The third-order valence-electron chi connectivity index (χ3n) is 0.460. The summed E-state index contributed by atoms with van der Waals surface area (Å²) in [7, 11) is 0. The molecule has 0 aromatic rings. The first kappa shape index (κ1) is 8.07. The number of amides is 1. The van der Waals surface area contributed by atoms with Crippen molar-refractivity contribution < 1.29 is 4.79 Å². The van der Waals surface area contributed by atoms with Crippen LogP contribution in [0.5, 0.6) is 0 Å². The lowest BCUT2D eigenvalue weighted by Crippen LogP contribution is -2.10. The molecule has 52 valence electrons. The SMILES string of the molecule is CC(C)(C)N=NNC=O. The molecule has 9 heavy (non-hydrogen) atoms. The summed E-state index contributed by atoms with van der Waals surface area (Å²) >= 11 is 0. The number of hydrogen-bond donors (Lipinski definition) is 1. The van der Waals surface area contributed by atoms with E-state index in [1.165, 1.54) is 0 Å². The molecule has 0 aliphatic rings. The van der Waals surface area contributed by atoms with Crippen LogP contribution >= 0.6 is 0 Å². The lowest BCUT2D eigenvalue weighted by molar-refractivity contribution is -0.109. The van der Waals surface area contributed by atoms with Crippen LogP contribution in [0, 0.1) is 0 Å². The first-order valence-corrected chi connectivity index (χ1v) is 2.67. The number of nitrogens with zero attached hydrogens (tertiary/aromatic N) is 2. The largest absolute Gasteiger partial charge is 0.277 e. The molecule has 1 amide bonds.